The van der Waals surface area contributed by atoms with Crippen molar-refractivity contribution in [2.24, 2.45) is 5.73 Å². The van der Waals surface area contributed by atoms with E-state index in [2.05, 4.69) is 6.07 Å². The number of imidazole rings is 1. The number of nitrogens with two attached hydrogens (primary N) is 1. The molecule has 2 aromatic rings. The molecule has 2 aliphatic rings. The maximum absolute atomic E-state index is 12.8. The molecule has 3 N–H and O–H groups in total. The topological polar surface area (TPSA) is 117 Å². The lowest BCUT2D eigenvalue weighted by Crippen LogP contribution is -2.40. The number of urea groups is 1. The fourth-order valence-electron chi connectivity index (χ4n) is 3.66. The Kier molecular flexibility index (Phi) is 3.14. The molecule has 0 saturated carbocycles. The number of halogens is 1. The number of aromatic nitrogens is 2. The van der Waals surface area contributed by atoms with Gasteiger partial charge in [-0.15, -0.1) is 0 Å². The Labute approximate surface area is 149 Å². The van der Waals surface area contributed by atoms with Gasteiger partial charge < -0.3 is 15.7 Å². The Bertz CT molecular complexity index is 986. The number of amides is 2. The normalized spacial score (nSPS) is 20.9. The summed E-state index contributed by atoms with van der Waals surface area (Å²) in [6.45, 7) is 0.376. The Morgan fingerprint density at radius 2 is 2.21 bits per heavy atom. The SMILES string of the molecule is N#Cc1ccc(-n2c(O)c3n(c2=O)C2CC3N(C(N)=O)C2)cc1I. The Balaban J connectivity index is 1.89. The van der Waals surface area contributed by atoms with E-state index < -0.39 is 6.03 Å². The summed E-state index contributed by atoms with van der Waals surface area (Å²) in [5.41, 5.74) is 6.43. The lowest BCUT2D eigenvalue weighted by molar-refractivity contribution is 0.194. The predicted octanol–water partition coefficient (Wildman–Crippen LogP) is 1.20. The maximum atomic E-state index is 12.8. The molecule has 122 valence electrons. The van der Waals surface area contributed by atoms with Gasteiger partial charge in [0.25, 0.3) is 0 Å². The number of hydrogen-bond donors (Lipinski definition) is 2. The van der Waals surface area contributed by atoms with Gasteiger partial charge in [-0.3, -0.25) is 4.57 Å². The number of carbonyl (C=O) groups is 1. The number of carbonyl (C=O) groups excluding carboxylic acids is 1. The van der Waals surface area contributed by atoms with Gasteiger partial charge in [0.15, 0.2) is 0 Å². The van der Waals surface area contributed by atoms with E-state index in [0.29, 0.717) is 33.5 Å². The number of fused-ring (bicyclic) bond motifs is 5. The lowest BCUT2D eigenvalue weighted by Gasteiger charge is -2.25. The summed E-state index contributed by atoms with van der Waals surface area (Å²) in [6, 6.07) is 5.86. The van der Waals surface area contributed by atoms with Crippen LogP contribution in [0.15, 0.2) is 23.0 Å². The number of primary amides is 1. The van der Waals surface area contributed by atoms with Crippen LogP contribution in [0.25, 0.3) is 5.69 Å². The molecular formula is C15H12IN5O3. The Morgan fingerprint density at radius 3 is 2.83 bits per heavy atom. The second-order valence-electron chi connectivity index (χ2n) is 5.87. The number of benzene rings is 1. The fraction of sp³-hybridized carbons (Fsp3) is 0.267. The van der Waals surface area contributed by atoms with E-state index in [1.165, 1.54) is 9.47 Å². The molecule has 2 aliphatic heterocycles. The third kappa shape index (κ3) is 1.83. The molecule has 9 heteroatoms. The Hall–Kier alpha value is -2.48. The zero-order valence-corrected chi connectivity index (χ0v) is 14.5. The molecule has 0 spiro atoms. The highest BCUT2D eigenvalue weighted by atomic mass is 127. The average molecular weight is 437 g/mol. The predicted molar refractivity (Wildman–Crippen MR) is 91.8 cm³/mol. The molecular weight excluding hydrogens is 425 g/mol. The fourth-order valence-corrected chi connectivity index (χ4v) is 4.28. The second kappa shape index (κ2) is 5.01. The van der Waals surface area contributed by atoms with Crippen LogP contribution in [0, 0.1) is 14.9 Å². The summed E-state index contributed by atoms with van der Waals surface area (Å²) in [5.74, 6) is -0.182. The first-order valence-corrected chi connectivity index (χ1v) is 8.34. The first-order valence-electron chi connectivity index (χ1n) is 7.26. The van der Waals surface area contributed by atoms with Crippen LogP contribution in [0.1, 0.15) is 29.8 Å². The van der Waals surface area contributed by atoms with Gasteiger partial charge in [-0.1, -0.05) is 0 Å². The van der Waals surface area contributed by atoms with Crippen molar-refractivity contribution in [3.05, 3.63) is 43.5 Å². The molecule has 2 amide bonds. The molecule has 2 unspecified atom stereocenters. The van der Waals surface area contributed by atoms with Crippen LogP contribution in [0.4, 0.5) is 4.79 Å². The molecule has 2 atom stereocenters. The number of rotatable bonds is 1. The van der Waals surface area contributed by atoms with E-state index in [0.717, 1.165) is 0 Å². The molecule has 0 aliphatic carbocycles. The van der Waals surface area contributed by atoms with Crippen molar-refractivity contribution < 1.29 is 9.90 Å². The van der Waals surface area contributed by atoms with E-state index >= 15 is 0 Å². The summed E-state index contributed by atoms with van der Waals surface area (Å²) < 4.78 is 3.44. The van der Waals surface area contributed by atoms with E-state index in [1.54, 1.807) is 22.8 Å². The van der Waals surface area contributed by atoms with Gasteiger partial charge in [-0.2, -0.15) is 5.26 Å². The monoisotopic (exact) mass is 437 g/mol. The maximum Gasteiger partial charge on any atom is 0.336 e. The van der Waals surface area contributed by atoms with Crippen LogP contribution < -0.4 is 11.4 Å². The number of nitrogens with zero attached hydrogens (tertiary/aromatic N) is 4. The highest BCUT2D eigenvalue weighted by molar-refractivity contribution is 14.1. The van der Waals surface area contributed by atoms with Gasteiger partial charge in [0.2, 0.25) is 5.88 Å². The summed E-state index contributed by atoms with van der Waals surface area (Å²) in [7, 11) is 0. The molecule has 2 bridgehead atoms. The second-order valence-corrected chi connectivity index (χ2v) is 7.03. The highest BCUT2D eigenvalue weighted by Crippen LogP contribution is 2.48. The van der Waals surface area contributed by atoms with E-state index in [4.69, 9.17) is 11.0 Å². The molecule has 1 saturated heterocycles. The van der Waals surface area contributed by atoms with Crippen LogP contribution in [0.2, 0.25) is 0 Å². The van der Waals surface area contributed by atoms with Crippen LogP contribution in [0.3, 0.4) is 0 Å². The summed E-state index contributed by atoms with van der Waals surface area (Å²) >= 11 is 2.01. The zero-order valence-electron chi connectivity index (χ0n) is 12.3. The van der Waals surface area contributed by atoms with Crippen molar-refractivity contribution in [2.75, 3.05) is 6.54 Å². The number of likely N-dealkylation sites (tertiary alicyclic amines) is 1. The van der Waals surface area contributed by atoms with Gasteiger partial charge in [0, 0.05) is 10.1 Å². The molecule has 1 aromatic carbocycles. The van der Waals surface area contributed by atoms with Crippen molar-refractivity contribution in [3.63, 3.8) is 0 Å². The zero-order chi connectivity index (χ0) is 17.2. The third-order valence-corrected chi connectivity index (χ3v) is 5.56. The first kappa shape index (κ1) is 15.1. The van der Waals surface area contributed by atoms with E-state index in [1.807, 2.05) is 22.6 Å². The standard InChI is InChI=1S/C15H12IN5O3/c16-10-3-8(2-1-7(10)5-17)21-13(22)12-11-4-9(20(12)15(21)24)6-19(11)14(18)23/h1-3,9,11,22H,4,6H2,(H2,18,23). The average Bonchev–Trinajstić information content (AvgIpc) is 3.19. The molecule has 4 rings (SSSR count). The van der Waals surface area contributed by atoms with Crippen molar-refractivity contribution in [2.45, 2.75) is 18.5 Å². The minimum Gasteiger partial charge on any atom is -0.493 e. The molecule has 1 fully saturated rings. The number of aromatic hydroxyl groups is 1. The van der Waals surface area contributed by atoms with Crippen molar-refractivity contribution in [3.8, 4) is 17.6 Å². The van der Waals surface area contributed by atoms with Gasteiger partial charge >= 0.3 is 11.7 Å². The summed E-state index contributed by atoms with van der Waals surface area (Å²) in [6.07, 6.45) is 0.590. The smallest absolute Gasteiger partial charge is 0.336 e. The minimum atomic E-state index is -0.554. The summed E-state index contributed by atoms with van der Waals surface area (Å²) in [5, 5.41) is 19.6. The largest absolute Gasteiger partial charge is 0.493 e. The van der Waals surface area contributed by atoms with E-state index in [9.17, 15) is 14.7 Å². The van der Waals surface area contributed by atoms with Gasteiger partial charge in [-0.25, -0.2) is 14.2 Å². The summed E-state index contributed by atoms with van der Waals surface area (Å²) in [4.78, 5) is 25.8. The van der Waals surface area contributed by atoms with Crippen LogP contribution in [0.5, 0.6) is 5.88 Å². The molecule has 24 heavy (non-hydrogen) atoms. The minimum absolute atomic E-state index is 0.172. The third-order valence-electron chi connectivity index (χ3n) is 4.67. The first-order chi connectivity index (χ1) is 11.4. The quantitative estimate of drug-likeness (QED) is 0.652. The highest BCUT2D eigenvalue weighted by Gasteiger charge is 2.48. The molecule has 3 heterocycles. The van der Waals surface area contributed by atoms with Crippen molar-refractivity contribution in [1.29, 1.82) is 5.26 Å². The molecule has 0 radical (unpaired) electrons. The van der Waals surface area contributed by atoms with E-state index in [-0.39, 0.29) is 23.7 Å². The van der Waals surface area contributed by atoms with Gasteiger partial charge in [0.05, 0.1) is 23.3 Å². The van der Waals surface area contributed by atoms with Crippen molar-refractivity contribution >= 4 is 28.6 Å². The lowest BCUT2D eigenvalue weighted by atomic mass is 10.2. The molecule has 8 nitrogen and oxygen atoms in total. The number of nitriles is 1. The van der Waals surface area contributed by atoms with Crippen LogP contribution in [-0.2, 0) is 0 Å². The van der Waals surface area contributed by atoms with Crippen LogP contribution in [-0.4, -0.2) is 31.7 Å². The van der Waals surface area contributed by atoms with Crippen molar-refractivity contribution in [1.82, 2.24) is 14.0 Å². The van der Waals surface area contributed by atoms with Gasteiger partial charge in [0.1, 0.15) is 11.8 Å². The molecule has 1 aromatic heterocycles. The number of hydrogen-bond acceptors (Lipinski definition) is 4. The Morgan fingerprint density at radius 1 is 1.46 bits per heavy atom. The van der Waals surface area contributed by atoms with Crippen LogP contribution >= 0.6 is 22.6 Å². The van der Waals surface area contributed by atoms with Gasteiger partial charge in [-0.05, 0) is 47.2 Å².